The summed E-state index contributed by atoms with van der Waals surface area (Å²) in [6.45, 7) is 2.66. The van der Waals surface area contributed by atoms with Gasteiger partial charge in [0.2, 0.25) is 0 Å². The third-order valence-corrected chi connectivity index (χ3v) is 4.62. The Labute approximate surface area is 119 Å². The van der Waals surface area contributed by atoms with E-state index in [0.29, 0.717) is 12.1 Å². The number of aryl methyl sites for hydroxylation is 1. The molecule has 0 aromatic carbocycles. The number of anilines is 2. The largest absolute Gasteiger partial charge is 0.382 e. The number of carbonyl (C=O) groups excluding carboxylic acids is 1. The molecule has 0 aliphatic carbocycles. The van der Waals surface area contributed by atoms with Gasteiger partial charge in [0, 0.05) is 19.0 Å². The summed E-state index contributed by atoms with van der Waals surface area (Å²) in [7, 11) is 3.50. The predicted molar refractivity (Wildman–Crippen MR) is 78.9 cm³/mol. The van der Waals surface area contributed by atoms with Crippen molar-refractivity contribution >= 4 is 39.6 Å². The van der Waals surface area contributed by atoms with Gasteiger partial charge in [-0.3, -0.25) is 4.79 Å². The van der Waals surface area contributed by atoms with Crippen molar-refractivity contribution in [2.45, 2.75) is 13.5 Å². The molecule has 8 heteroatoms. The SMILES string of the molecule is CNC(=O)c1c(N)nsc1N(C)Cc1scnc1C. The number of nitrogens with zero attached hydrogens (tertiary/aromatic N) is 3. The fourth-order valence-corrected chi connectivity index (χ4v) is 3.26. The number of nitrogens with one attached hydrogen (secondary N) is 1. The molecule has 3 N–H and O–H groups in total. The number of hydrogen-bond acceptors (Lipinski definition) is 7. The molecule has 2 heterocycles. The van der Waals surface area contributed by atoms with Crippen LogP contribution in [0.15, 0.2) is 5.51 Å². The van der Waals surface area contributed by atoms with E-state index in [4.69, 9.17) is 5.73 Å². The van der Waals surface area contributed by atoms with Gasteiger partial charge in [0.25, 0.3) is 5.91 Å². The van der Waals surface area contributed by atoms with E-state index >= 15 is 0 Å². The average Bonchev–Trinajstić information content (AvgIpc) is 2.95. The molecule has 2 rings (SSSR count). The molecular weight excluding hydrogens is 282 g/mol. The van der Waals surface area contributed by atoms with Gasteiger partial charge < -0.3 is 16.0 Å². The molecule has 2 aromatic rings. The molecule has 6 nitrogen and oxygen atoms in total. The second-order valence-corrected chi connectivity index (χ2v) is 5.74. The van der Waals surface area contributed by atoms with E-state index in [1.807, 2.05) is 24.4 Å². The van der Waals surface area contributed by atoms with Gasteiger partial charge in [-0.05, 0) is 18.5 Å². The maximum absolute atomic E-state index is 11.8. The van der Waals surface area contributed by atoms with Crippen LogP contribution < -0.4 is 16.0 Å². The van der Waals surface area contributed by atoms with Gasteiger partial charge in [-0.1, -0.05) is 0 Å². The van der Waals surface area contributed by atoms with Crippen molar-refractivity contribution in [3.8, 4) is 0 Å². The van der Waals surface area contributed by atoms with Gasteiger partial charge in [-0.15, -0.1) is 11.3 Å². The molecule has 0 radical (unpaired) electrons. The predicted octanol–water partition coefficient (Wildman–Crippen LogP) is 1.49. The molecule has 0 unspecified atom stereocenters. The van der Waals surface area contributed by atoms with Crippen LogP contribution in [0.25, 0.3) is 0 Å². The first-order chi connectivity index (χ1) is 9.04. The molecule has 19 heavy (non-hydrogen) atoms. The lowest BCUT2D eigenvalue weighted by Crippen LogP contribution is -2.23. The standard InChI is InChI=1S/C11H15N5OS2/c1-6-7(18-5-14-6)4-16(3)11-8(10(17)13-2)9(12)15-19-11/h5H,4H2,1-3H3,(H2,12,15)(H,13,17). The second kappa shape index (κ2) is 5.54. The molecular formula is C11H15N5OS2. The van der Waals surface area contributed by atoms with Crippen molar-refractivity contribution in [2.75, 3.05) is 24.7 Å². The first-order valence-electron chi connectivity index (χ1n) is 5.62. The molecule has 0 fully saturated rings. The summed E-state index contributed by atoms with van der Waals surface area (Å²) in [4.78, 5) is 19.2. The van der Waals surface area contributed by atoms with Crippen molar-refractivity contribution in [3.63, 3.8) is 0 Å². The first kappa shape index (κ1) is 13.8. The Bertz CT molecular complexity index is 592. The lowest BCUT2D eigenvalue weighted by Gasteiger charge is -2.17. The Morgan fingerprint density at radius 1 is 1.58 bits per heavy atom. The van der Waals surface area contributed by atoms with Crippen LogP contribution in [0, 0.1) is 6.92 Å². The van der Waals surface area contributed by atoms with E-state index in [0.717, 1.165) is 15.6 Å². The topological polar surface area (TPSA) is 84.1 Å². The summed E-state index contributed by atoms with van der Waals surface area (Å²) in [5.74, 6) is 0.0568. The van der Waals surface area contributed by atoms with Gasteiger partial charge in [-0.2, -0.15) is 4.37 Å². The minimum atomic E-state index is -0.214. The average molecular weight is 297 g/mol. The van der Waals surface area contributed by atoms with Crippen LogP contribution in [0.4, 0.5) is 10.8 Å². The molecule has 0 aliphatic rings. The second-order valence-electron chi connectivity index (χ2n) is 4.04. The Morgan fingerprint density at radius 3 is 2.89 bits per heavy atom. The van der Waals surface area contributed by atoms with E-state index in [-0.39, 0.29) is 11.7 Å². The van der Waals surface area contributed by atoms with E-state index < -0.39 is 0 Å². The molecule has 2 aromatic heterocycles. The molecule has 0 aliphatic heterocycles. The normalized spacial score (nSPS) is 10.5. The van der Waals surface area contributed by atoms with Gasteiger partial charge >= 0.3 is 0 Å². The number of nitrogen functional groups attached to an aromatic ring is 1. The quantitative estimate of drug-likeness (QED) is 0.893. The summed E-state index contributed by atoms with van der Waals surface area (Å²) in [5.41, 5.74) is 9.03. The van der Waals surface area contributed by atoms with Crippen LogP contribution in [0.3, 0.4) is 0 Å². The molecule has 102 valence electrons. The zero-order chi connectivity index (χ0) is 14.0. The number of rotatable bonds is 4. The van der Waals surface area contributed by atoms with Gasteiger partial charge in [0.1, 0.15) is 10.6 Å². The minimum absolute atomic E-state index is 0.214. The summed E-state index contributed by atoms with van der Waals surface area (Å²) in [5, 5.41) is 3.35. The van der Waals surface area contributed by atoms with Crippen molar-refractivity contribution in [2.24, 2.45) is 0 Å². The number of nitrogens with two attached hydrogens (primary N) is 1. The zero-order valence-electron chi connectivity index (χ0n) is 10.9. The minimum Gasteiger partial charge on any atom is -0.382 e. The highest BCUT2D eigenvalue weighted by Crippen LogP contribution is 2.31. The van der Waals surface area contributed by atoms with E-state index in [1.165, 1.54) is 11.5 Å². The number of carbonyl (C=O) groups is 1. The first-order valence-corrected chi connectivity index (χ1v) is 7.27. The summed E-state index contributed by atoms with van der Waals surface area (Å²) >= 11 is 2.83. The Morgan fingerprint density at radius 2 is 2.32 bits per heavy atom. The van der Waals surface area contributed by atoms with Crippen LogP contribution >= 0.6 is 22.9 Å². The van der Waals surface area contributed by atoms with E-state index in [9.17, 15) is 4.79 Å². The lowest BCUT2D eigenvalue weighted by molar-refractivity contribution is 0.0964. The van der Waals surface area contributed by atoms with Crippen LogP contribution in [0.5, 0.6) is 0 Å². The summed E-state index contributed by atoms with van der Waals surface area (Å²) < 4.78 is 4.06. The summed E-state index contributed by atoms with van der Waals surface area (Å²) in [6.07, 6.45) is 0. The third kappa shape index (κ3) is 2.69. The molecule has 0 spiro atoms. The smallest absolute Gasteiger partial charge is 0.257 e. The lowest BCUT2D eigenvalue weighted by atomic mass is 10.2. The van der Waals surface area contributed by atoms with Gasteiger partial charge in [0.05, 0.1) is 17.7 Å². The maximum Gasteiger partial charge on any atom is 0.257 e. The number of thiazole rings is 1. The van der Waals surface area contributed by atoms with Crippen molar-refractivity contribution in [3.05, 3.63) is 21.6 Å². The monoisotopic (exact) mass is 297 g/mol. The van der Waals surface area contributed by atoms with Crippen molar-refractivity contribution in [1.29, 1.82) is 0 Å². The van der Waals surface area contributed by atoms with Crippen LogP contribution in [0.1, 0.15) is 20.9 Å². The molecule has 0 saturated heterocycles. The van der Waals surface area contributed by atoms with Crippen LogP contribution in [-0.4, -0.2) is 29.4 Å². The van der Waals surface area contributed by atoms with Gasteiger partial charge in [-0.25, -0.2) is 4.98 Å². The maximum atomic E-state index is 11.8. The molecule has 0 atom stereocenters. The van der Waals surface area contributed by atoms with Crippen molar-refractivity contribution < 1.29 is 4.79 Å². The van der Waals surface area contributed by atoms with E-state index in [2.05, 4.69) is 14.7 Å². The van der Waals surface area contributed by atoms with Gasteiger partial charge in [0.15, 0.2) is 5.82 Å². The van der Waals surface area contributed by atoms with Crippen LogP contribution in [-0.2, 0) is 6.54 Å². The Balaban J connectivity index is 2.27. The highest BCUT2D eigenvalue weighted by molar-refractivity contribution is 7.11. The molecule has 1 amide bonds. The number of hydrogen-bond donors (Lipinski definition) is 2. The molecule has 0 saturated carbocycles. The highest BCUT2D eigenvalue weighted by atomic mass is 32.1. The van der Waals surface area contributed by atoms with Crippen LogP contribution in [0.2, 0.25) is 0 Å². The number of aromatic nitrogens is 2. The fraction of sp³-hybridized carbons (Fsp3) is 0.364. The third-order valence-electron chi connectivity index (χ3n) is 2.73. The highest BCUT2D eigenvalue weighted by Gasteiger charge is 2.21. The van der Waals surface area contributed by atoms with E-state index in [1.54, 1.807) is 18.4 Å². The molecule has 0 bridgehead atoms. The number of amides is 1. The Hall–Kier alpha value is -1.67. The fourth-order valence-electron chi connectivity index (χ4n) is 1.66. The zero-order valence-corrected chi connectivity index (χ0v) is 12.6. The van der Waals surface area contributed by atoms with Crippen molar-refractivity contribution in [1.82, 2.24) is 14.7 Å². The Kier molecular flexibility index (Phi) is 4.01. The summed E-state index contributed by atoms with van der Waals surface area (Å²) in [6, 6.07) is 0.